The molecule has 2 nitrogen and oxygen atoms in total. The van der Waals surface area contributed by atoms with Crippen LogP contribution in [0.2, 0.25) is 0 Å². The summed E-state index contributed by atoms with van der Waals surface area (Å²) in [5, 5.41) is 3.45. The summed E-state index contributed by atoms with van der Waals surface area (Å²) in [6, 6.07) is 15.0. The van der Waals surface area contributed by atoms with Crippen LogP contribution in [0, 0.1) is 6.92 Å². The van der Waals surface area contributed by atoms with Gasteiger partial charge in [0.1, 0.15) is 5.75 Å². The molecular weight excluding hydrogens is 246 g/mol. The van der Waals surface area contributed by atoms with Gasteiger partial charge in [-0.1, -0.05) is 37.6 Å². The molecule has 106 valence electrons. The first-order valence-electron chi connectivity index (χ1n) is 7.19. The van der Waals surface area contributed by atoms with Crippen molar-refractivity contribution in [2.75, 3.05) is 12.4 Å². The second kappa shape index (κ2) is 6.99. The molecule has 0 saturated carbocycles. The Morgan fingerprint density at radius 3 is 2.30 bits per heavy atom. The molecule has 1 N–H and O–H groups in total. The molecule has 0 unspecified atom stereocenters. The van der Waals surface area contributed by atoms with Gasteiger partial charge in [0.05, 0.1) is 7.11 Å². The Kier molecular flexibility index (Phi) is 5.05. The van der Waals surface area contributed by atoms with Crippen molar-refractivity contribution in [3.63, 3.8) is 0 Å². The van der Waals surface area contributed by atoms with E-state index in [0.717, 1.165) is 18.7 Å². The number of hydrogen-bond acceptors (Lipinski definition) is 2. The summed E-state index contributed by atoms with van der Waals surface area (Å²) in [6.45, 7) is 5.11. The molecule has 0 bridgehead atoms. The van der Waals surface area contributed by atoms with Gasteiger partial charge in [0.2, 0.25) is 0 Å². The minimum Gasteiger partial charge on any atom is -0.496 e. The molecule has 0 atom stereocenters. The molecule has 0 aliphatic heterocycles. The fraction of sp³-hybridized carbons (Fsp3) is 0.333. The van der Waals surface area contributed by atoms with Gasteiger partial charge in [0, 0.05) is 12.2 Å². The summed E-state index contributed by atoms with van der Waals surface area (Å²) in [5.74, 6) is 0.942. The molecule has 0 heterocycles. The lowest BCUT2D eigenvalue weighted by Gasteiger charge is -2.10. The number of benzene rings is 2. The van der Waals surface area contributed by atoms with Crippen LogP contribution in [0.4, 0.5) is 5.69 Å². The lowest BCUT2D eigenvalue weighted by atomic mass is 10.1. The first kappa shape index (κ1) is 14.4. The lowest BCUT2D eigenvalue weighted by molar-refractivity contribution is 0.411. The quantitative estimate of drug-likeness (QED) is 0.829. The Balaban J connectivity index is 1.96. The van der Waals surface area contributed by atoms with E-state index in [9.17, 15) is 0 Å². The van der Waals surface area contributed by atoms with E-state index in [2.05, 4.69) is 55.6 Å². The van der Waals surface area contributed by atoms with Crippen molar-refractivity contribution in [2.45, 2.75) is 33.2 Å². The number of nitrogens with one attached hydrogen (secondary N) is 1. The van der Waals surface area contributed by atoms with Crippen LogP contribution < -0.4 is 10.1 Å². The minimum absolute atomic E-state index is 0.831. The first-order valence-corrected chi connectivity index (χ1v) is 7.19. The Morgan fingerprint density at radius 1 is 1.00 bits per heavy atom. The number of anilines is 1. The second-order valence-electron chi connectivity index (χ2n) is 5.10. The largest absolute Gasteiger partial charge is 0.496 e. The molecule has 0 fully saturated rings. The summed E-state index contributed by atoms with van der Waals surface area (Å²) in [5.41, 5.74) is 5.00. The van der Waals surface area contributed by atoms with Gasteiger partial charge in [-0.05, 0) is 48.2 Å². The first-order chi connectivity index (χ1) is 9.72. The van der Waals surface area contributed by atoms with E-state index >= 15 is 0 Å². The van der Waals surface area contributed by atoms with Crippen LogP contribution in [0.15, 0.2) is 42.5 Å². The van der Waals surface area contributed by atoms with Gasteiger partial charge >= 0.3 is 0 Å². The van der Waals surface area contributed by atoms with Crippen LogP contribution in [0.1, 0.15) is 30.0 Å². The van der Waals surface area contributed by atoms with Crippen LogP contribution in [-0.2, 0) is 13.0 Å². The highest BCUT2D eigenvalue weighted by atomic mass is 16.5. The number of rotatable bonds is 6. The highest BCUT2D eigenvalue weighted by molar-refractivity contribution is 5.46. The van der Waals surface area contributed by atoms with Crippen molar-refractivity contribution in [1.82, 2.24) is 0 Å². The molecule has 0 saturated heterocycles. The SMILES string of the molecule is CCCc1ccc(NCc2ccc(OC)c(C)c2)cc1. The van der Waals surface area contributed by atoms with Crippen molar-refractivity contribution < 1.29 is 4.74 Å². The van der Waals surface area contributed by atoms with Crippen LogP contribution in [0.3, 0.4) is 0 Å². The minimum atomic E-state index is 0.831. The van der Waals surface area contributed by atoms with E-state index in [0.29, 0.717) is 0 Å². The average Bonchev–Trinajstić information content (AvgIpc) is 2.47. The van der Waals surface area contributed by atoms with Crippen molar-refractivity contribution >= 4 is 5.69 Å². The molecular formula is C18H23NO. The van der Waals surface area contributed by atoms with Crippen LogP contribution in [-0.4, -0.2) is 7.11 Å². The predicted octanol–water partition coefficient (Wildman–Crippen LogP) is 4.57. The van der Waals surface area contributed by atoms with Crippen LogP contribution >= 0.6 is 0 Å². The molecule has 2 aromatic carbocycles. The van der Waals surface area contributed by atoms with Gasteiger partial charge in [0.15, 0.2) is 0 Å². The summed E-state index contributed by atoms with van der Waals surface area (Å²) in [7, 11) is 1.71. The summed E-state index contributed by atoms with van der Waals surface area (Å²) in [4.78, 5) is 0. The maximum atomic E-state index is 5.28. The van der Waals surface area contributed by atoms with E-state index in [1.165, 1.54) is 28.8 Å². The maximum absolute atomic E-state index is 5.28. The smallest absolute Gasteiger partial charge is 0.121 e. The molecule has 0 aliphatic rings. The normalized spacial score (nSPS) is 10.3. The van der Waals surface area contributed by atoms with Gasteiger partial charge in [-0.3, -0.25) is 0 Å². The standard InChI is InChI=1S/C18H23NO/c1-4-5-15-6-9-17(10-7-15)19-13-16-8-11-18(20-3)14(2)12-16/h6-12,19H,4-5,13H2,1-3H3. The van der Waals surface area contributed by atoms with Crippen LogP contribution in [0.25, 0.3) is 0 Å². The third-order valence-corrected chi connectivity index (χ3v) is 3.45. The van der Waals surface area contributed by atoms with E-state index in [4.69, 9.17) is 4.74 Å². The molecule has 2 aromatic rings. The van der Waals surface area contributed by atoms with E-state index < -0.39 is 0 Å². The molecule has 0 radical (unpaired) electrons. The highest BCUT2D eigenvalue weighted by Crippen LogP contribution is 2.19. The van der Waals surface area contributed by atoms with E-state index in [-0.39, 0.29) is 0 Å². The number of hydrogen-bond donors (Lipinski definition) is 1. The van der Waals surface area contributed by atoms with E-state index in [1.807, 2.05) is 6.07 Å². The highest BCUT2D eigenvalue weighted by Gasteiger charge is 2.00. The van der Waals surface area contributed by atoms with Gasteiger partial charge < -0.3 is 10.1 Å². The summed E-state index contributed by atoms with van der Waals surface area (Å²) in [6.07, 6.45) is 2.34. The molecule has 0 aromatic heterocycles. The fourth-order valence-corrected chi connectivity index (χ4v) is 2.33. The van der Waals surface area contributed by atoms with Gasteiger partial charge in [-0.15, -0.1) is 0 Å². The molecule has 2 rings (SSSR count). The number of methoxy groups -OCH3 is 1. The number of ether oxygens (including phenoxy) is 1. The molecule has 0 aliphatic carbocycles. The summed E-state index contributed by atoms with van der Waals surface area (Å²) >= 11 is 0. The van der Waals surface area contributed by atoms with Crippen molar-refractivity contribution in [1.29, 1.82) is 0 Å². The average molecular weight is 269 g/mol. The molecule has 0 spiro atoms. The monoisotopic (exact) mass is 269 g/mol. The van der Waals surface area contributed by atoms with Crippen molar-refractivity contribution in [3.05, 3.63) is 59.2 Å². The molecule has 20 heavy (non-hydrogen) atoms. The predicted molar refractivity (Wildman–Crippen MR) is 85.5 cm³/mol. The Morgan fingerprint density at radius 2 is 1.70 bits per heavy atom. The second-order valence-corrected chi connectivity index (χ2v) is 5.10. The topological polar surface area (TPSA) is 21.3 Å². The van der Waals surface area contributed by atoms with Crippen molar-refractivity contribution in [2.24, 2.45) is 0 Å². The van der Waals surface area contributed by atoms with Crippen molar-refractivity contribution in [3.8, 4) is 5.75 Å². The fourth-order valence-electron chi connectivity index (χ4n) is 2.33. The zero-order chi connectivity index (χ0) is 14.4. The van der Waals surface area contributed by atoms with Gasteiger partial charge in [-0.2, -0.15) is 0 Å². The van der Waals surface area contributed by atoms with Gasteiger partial charge in [0.25, 0.3) is 0 Å². The number of aryl methyl sites for hydroxylation is 2. The Bertz CT molecular complexity index is 546. The maximum Gasteiger partial charge on any atom is 0.121 e. The zero-order valence-electron chi connectivity index (χ0n) is 12.6. The zero-order valence-corrected chi connectivity index (χ0v) is 12.6. The lowest BCUT2D eigenvalue weighted by Crippen LogP contribution is -2.00. The molecule has 2 heteroatoms. The third-order valence-electron chi connectivity index (χ3n) is 3.45. The third kappa shape index (κ3) is 3.77. The Labute approximate surface area is 121 Å². The Hall–Kier alpha value is -1.96. The van der Waals surface area contributed by atoms with E-state index in [1.54, 1.807) is 7.11 Å². The molecule has 0 amide bonds. The van der Waals surface area contributed by atoms with Gasteiger partial charge in [-0.25, -0.2) is 0 Å². The summed E-state index contributed by atoms with van der Waals surface area (Å²) < 4.78 is 5.28. The van der Waals surface area contributed by atoms with Crippen LogP contribution in [0.5, 0.6) is 5.75 Å².